The number of pyridine rings is 1. The molecular formula is C24H30N2O6S. The minimum absolute atomic E-state index is 0.0783. The molecule has 0 unspecified atom stereocenters. The predicted octanol–water partition coefficient (Wildman–Crippen LogP) is 3.55. The van der Waals surface area contributed by atoms with Crippen molar-refractivity contribution in [3.8, 4) is 11.4 Å². The number of hydrogen-bond donors (Lipinski definition) is 0. The number of rotatable bonds is 4. The van der Waals surface area contributed by atoms with Gasteiger partial charge in [0.05, 0.1) is 4.90 Å². The Hall–Kier alpha value is -2.81. The Morgan fingerprint density at radius 3 is 2.15 bits per heavy atom. The smallest absolute Gasteiger partial charge is 0.410 e. The van der Waals surface area contributed by atoms with E-state index in [1.807, 2.05) is 25.7 Å². The zero-order valence-electron chi connectivity index (χ0n) is 19.4. The maximum Gasteiger partial charge on any atom is 0.410 e. The van der Waals surface area contributed by atoms with Crippen molar-refractivity contribution in [2.75, 3.05) is 6.26 Å². The zero-order chi connectivity index (χ0) is 24.0. The molecule has 2 aromatic rings. The van der Waals surface area contributed by atoms with Crippen LogP contribution in [0.1, 0.15) is 46.5 Å². The van der Waals surface area contributed by atoms with Crippen LogP contribution in [0.25, 0.3) is 5.69 Å². The lowest BCUT2D eigenvalue weighted by atomic mass is 10.00. The van der Waals surface area contributed by atoms with Gasteiger partial charge in [-0.15, -0.1) is 0 Å². The van der Waals surface area contributed by atoms with Gasteiger partial charge in [-0.2, -0.15) is 0 Å². The first kappa shape index (κ1) is 23.4. The van der Waals surface area contributed by atoms with Crippen LogP contribution in [0.4, 0.5) is 4.79 Å². The molecule has 1 aromatic carbocycles. The molecule has 1 amide bonds. The molecule has 2 atom stereocenters. The lowest BCUT2D eigenvalue weighted by Crippen LogP contribution is -2.50. The SMILES string of the molecule is CC(C)(C)OC(=O)N1[C@@H]2CC[C@@H]1CC(Oc1ccn(-c3ccc(S(C)(=O)=O)cc3)c(=O)c1)C2. The van der Waals surface area contributed by atoms with E-state index in [0.29, 0.717) is 24.3 Å². The number of benzene rings is 1. The first-order chi connectivity index (χ1) is 15.4. The monoisotopic (exact) mass is 474 g/mol. The van der Waals surface area contributed by atoms with Gasteiger partial charge in [-0.1, -0.05) is 0 Å². The first-order valence-electron chi connectivity index (χ1n) is 11.1. The number of nitrogens with zero attached hydrogens (tertiary/aromatic N) is 2. The molecule has 0 N–H and O–H groups in total. The third-order valence-electron chi connectivity index (χ3n) is 6.03. The van der Waals surface area contributed by atoms with Gasteiger partial charge in [0.2, 0.25) is 0 Å². The Labute approximate surface area is 194 Å². The largest absolute Gasteiger partial charge is 0.490 e. The van der Waals surface area contributed by atoms with Crippen molar-refractivity contribution in [2.24, 2.45) is 0 Å². The standard InChI is InChI=1S/C24H30N2O6S/c1-24(2,3)32-23(28)26-17-5-6-18(26)14-20(13-17)31-19-11-12-25(22(27)15-19)16-7-9-21(10-8-16)33(4,29)30/h7-12,15,17-18,20H,5-6,13-14H2,1-4H3/t17-,18-/m1/s1. The highest BCUT2D eigenvalue weighted by Crippen LogP contribution is 2.38. The van der Waals surface area contributed by atoms with Crippen LogP contribution >= 0.6 is 0 Å². The number of piperidine rings is 1. The molecule has 2 bridgehead atoms. The summed E-state index contributed by atoms with van der Waals surface area (Å²) >= 11 is 0. The summed E-state index contributed by atoms with van der Waals surface area (Å²) in [4.78, 5) is 27.4. The van der Waals surface area contributed by atoms with Crippen molar-refractivity contribution in [3.05, 3.63) is 52.9 Å². The normalized spacial score (nSPS) is 22.8. The van der Waals surface area contributed by atoms with Crippen LogP contribution in [0.2, 0.25) is 0 Å². The average molecular weight is 475 g/mol. The number of hydrogen-bond acceptors (Lipinski definition) is 6. The molecule has 9 heteroatoms. The Morgan fingerprint density at radius 1 is 1.03 bits per heavy atom. The molecule has 2 saturated heterocycles. The Bertz CT molecular complexity index is 1180. The van der Waals surface area contributed by atoms with E-state index in [9.17, 15) is 18.0 Å². The minimum atomic E-state index is -3.30. The van der Waals surface area contributed by atoms with Crippen LogP contribution in [0.3, 0.4) is 0 Å². The third kappa shape index (κ3) is 5.24. The lowest BCUT2D eigenvalue weighted by Gasteiger charge is -2.39. The zero-order valence-corrected chi connectivity index (χ0v) is 20.2. The maximum absolute atomic E-state index is 12.7. The van der Waals surface area contributed by atoms with Crippen molar-refractivity contribution in [1.29, 1.82) is 0 Å². The van der Waals surface area contributed by atoms with Crippen LogP contribution in [-0.2, 0) is 14.6 Å². The number of aromatic nitrogens is 1. The summed E-state index contributed by atoms with van der Waals surface area (Å²) in [6.45, 7) is 5.60. The predicted molar refractivity (Wildman–Crippen MR) is 124 cm³/mol. The Kier molecular flexibility index (Phi) is 6.03. The maximum atomic E-state index is 12.7. The molecule has 33 heavy (non-hydrogen) atoms. The summed E-state index contributed by atoms with van der Waals surface area (Å²) in [6.07, 6.45) is 5.67. The Morgan fingerprint density at radius 2 is 1.64 bits per heavy atom. The number of amides is 1. The molecule has 8 nitrogen and oxygen atoms in total. The summed E-state index contributed by atoms with van der Waals surface area (Å²) in [5, 5.41) is 0. The number of sulfone groups is 1. The highest BCUT2D eigenvalue weighted by atomic mass is 32.2. The van der Waals surface area contributed by atoms with Crippen LogP contribution in [0.5, 0.6) is 5.75 Å². The van der Waals surface area contributed by atoms with E-state index in [2.05, 4.69) is 0 Å². The highest BCUT2D eigenvalue weighted by molar-refractivity contribution is 7.90. The molecule has 0 spiro atoms. The van der Waals surface area contributed by atoms with E-state index in [-0.39, 0.29) is 34.7 Å². The number of carbonyl (C=O) groups is 1. The first-order valence-corrected chi connectivity index (χ1v) is 13.0. The van der Waals surface area contributed by atoms with Crippen LogP contribution in [-0.4, -0.2) is 54.0 Å². The molecule has 4 rings (SSSR count). The molecule has 0 aliphatic carbocycles. The minimum Gasteiger partial charge on any atom is -0.490 e. The summed E-state index contributed by atoms with van der Waals surface area (Å²) in [6, 6.07) is 9.49. The quantitative estimate of drug-likeness (QED) is 0.673. The van der Waals surface area contributed by atoms with Gasteiger partial charge in [0.25, 0.3) is 5.56 Å². The molecule has 0 saturated carbocycles. The van der Waals surface area contributed by atoms with Crippen molar-refractivity contribution >= 4 is 15.9 Å². The number of carbonyl (C=O) groups excluding carboxylic acids is 1. The average Bonchev–Trinajstić information content (AvgIpc) is 2.97. The van der Waals surface area contributed by atoms with Gasteiger partial charge in [-0.25, -0.2) is 13.2 Å². The summed E-state index contributed by atoms with van der Waals surface area (Å²) in [5.74, 6) is 0.485. The number of fused-ring (bicyclic) bond motifs is 2. The van der Waals surface area contributed by atoms with Crippen LogP contribution < -0.4 is 10.3 Å². The van der Waals surface area contributed by atoms with Crippen molar-refractivity contribution in [2.45, 2.75) is 75.1 Å². The van der Waals surface area contributed by atoms with Crippen molar-refractivity contribution in [3.63, 3.8) is 0 Å². The summed E-state index contributed by atoms with van der Waals surface area (Å²) in [5.41, 5.74) is -0.227. The third-order valence-corrected chi connectivity index (χ3v) is 7.16. The second-order valence-electron chi connectivity index (χ2n) is 9.82. The fraction of sp³-hybridized carbons (Fsp3) is 0.500. The molecule has 1 aromatic heterocycles. The van der Waals surface area contributed by atoms with Gasteiger partial charge in [-0.3, -0.25) is 9.36 Å². The van der Waals surface area contributed by atoms with E-state index in [1.165, 1.54) is 22.8 Å². The molecule has 2 aliphatic rings. The van der Waals surface area contributed by atoms with Gasteiger partial charge >= 0.3 is 6.09 Å². The van der Waals surface area contributed by atoms with Gasteiger partial charge < -0.3 is 14.4 Å². The highest BCUT2D eigenvalue weighted by Gasteiger charge is 2.45. The van der Waals surface area contributed by atoms with E-state index in [4.69, 9.17) is 9.47 Å². The van der Waals surface area contributed by atoms with E-state index in [0.717, 1.165) is 19.1 Å². The lowest BCUT2D eigenvalue weighted by molar-refractivity contribution is -0.00709. The molecule has 2 aliphatic heterocycles. The molecule has 2 fully saturated rings. The second-order valence-corrected chi connectivity index (χ2v) is 11.8. The molecular weight excluding hydrogens is 444 g/mol. The van der Waals surface area contributed by atoms with Gasteiger partial charge in [-0.05, 0) is 63.9 Å². The van der Waals surface area contributed by atoms with Crippen LogP contribution in [0.15, 0.2) is 52.3 Å². The van der Waals surface area contributed by atoms with Gasteiger partial charge in [0.1, 0.15) is 17.5 Å². The summed E-state index contributed by atoms with van der Waals surface area (Å²) < 4.78 is 36.4. The summed E-state index contributed by atoms with van der Waals surface area (Å²) in [7, 11) is -3.30. The van der Waals surface area contributed by atoms with Crippen LogP contribution in [0, 0.1) is 0 Å². The topological polar surface area (TPSA) is 94.9 Å². The van der Waals surface area contributed by atoms with Crippen molar-refractivity contribution in [1.82, 2.24) is 9.47 Å². The van der Waals surface area contributed by atoms with E-state index >= 15 is 0 Å². The fourth-order valence-corrected chi connectivity index (χ4v) is 5.26. The molecule has 3 heterocycles. The molecule has 0 radical (unpaired) electrons. The number of ether oxygens (including phenoxy) is 2. The van der Waals surface area contributed by atoms with Gasteiger partial charge in [0.15, 0.2) is 9.84 Å². The Balaban J connectivity index is 1.43. The van der Waals surface area contributed by atoms with Gasteiger partial charge in [0, 0.05) is 49.1 Å². The second kappa shape index (κ2) is 8.52. The van der Waals surface area contributed by atoms with E-state index < -0.39 is 15.4 Å². The molecule has 178 valence electrons. The van der Waals surface area contributed by atoms with Crippen molar-refractivity contribution < 1.29 is 22.7 Å². The van der Waals surface area contributed by atoms with E-state index in [1.54, 1.807) is 24.4 Å². The fourth-order valence-electron chi connectivity index (χ4n) is 4.63.